The Hall–Kier alpha value is -1.53. The summed E-state index contributed by atoms with van der Waals surface area (Å²) in [5.41, 5.74) is 1.76. The second-order valence-electron chi connectivity index (χ2n) is 4.69. The Bertz CT molecular complexity index is 501. The van der Waals surface area contributed by atoms with Gasteiger partial charge in [0.25, 0.3) is 0 Å². The molecule has 1 aromatic rings. The lowest BCUT2D eigenvalue weighted by atomic mass is 10.1. The van der Waals surface area contributed by atoms with Gasteiger partial charge in [0.15, 0.2) is 0 Å². The van der Waals surface area contributed by atoms with E-state index in [-0.39, 0.29) is 24.9 Å². The van der Waals surface area contributed by atoms with E-state index < -0.39 is 5.97 Å². The first-order chi connectivity index (χ1) is 9.59. The van der Waals surface area contributed by atoms with Gasteiger partial charge >= 0.3 is 5.97 Å². The van der Waals surface area contributed by atoms with Crippen LogP contribution in [-0.4, -0.2) is 41.2 Å². The summed E-state index contributed by atoms with van der Waals surface area (Å²) in [6, 6.07) is 7.32. The first-order valence-corrected chi connectivity index (χ1v) is 7.65. The quantitative estimate of drug-likeness (QED) is 0.860. The highest BCUT2D eigenvalue weighted by atomic mass is 32.2. The van der Waals surface area contributed by atoms with Crippen LogP contribution in [-0.2, 0) is 9.59 Å². The smallest absolute Gasteiger partial charge is 0.305 e. The number of carbonyl (C=O) groups is 2. The number of anilines is 1. The molecule has 1 saturated heterocycles. The molecule has 108 valence electrons. The van der Waals surface area contributed by atoms with Crippen molar-refractivity contribution in [1.29, 1.82) is 0 Å². The fourth-order valence-electron chi connectivity index (χ4n) is 2.17. The van der Waals surface area contributed by atoms with Crippen LogP contribution in [0.4, 0.5) is 5.69 Å². The number of benzene rings is 1. The molecule has 6 heteroatoms. The van der Waals surface area contributed by atoms with E-state index in [0.717, 1.165) is 22.9 Å². The molecule has 1 aliphatic rings. The summed E-state index contributed by atoms with van der Waals surface area (Å²) in [7, 11) is 0. The van der Waals surface area contributed by atoms with Gasteiger partial charge < -0.3 is 10.0 Å². The zero-order valence-electron chi connectivity index (χ0n) is 11.3. The largest absolute Gasteiger partial charge is 0.481 e. The van der Waals surface area contributed by atoms with E-state index in [2.05, 4.69) is 5.32 Å². The van der Waals surface area contributed by atoms with Gasteiger partial charge in [-0.3, -0.25) is 14.9 Å². The van der Waals surface area contributed by atoms with Crippen molar-refractivity contribution in [2.75, 3.05) is 23.1 Å². The molecule has 1 heterocycles. The molecule has 5 nitrogen and oxygen atoms in total. The summed E-state index contributed by atoms with van der Waals surface area (Å²) >= 11 is 1.68. The number of rotatable bonds is 5. The highest BCUT2D eigenvalue weighted by Crippen LogP contribution is 2.22. The Labute approximate surface area is 122 Å². The summed E-state index contributed by atoms with van der Waals surface area (Å²) in [4.78, 5) is 25.0. The number of para-hydroxylation sites is 1. The van der Waals surface area contributed by atoms with Crippen molar-refractivity contribution in [2.24, 2.45) is 0 Å². The molecule has 0 aromatic heterocycles. The fourth-order valence-corrected chi connectivity index (χ4v) is 3.10. The number of carboxylic acid groups (broad SMARTS) is 1. The van der Waals surface area contributed by atoms with Gasteiger partial charge in [0.05, 0.1) is 12.5 Å². The van der Waals surface area contributed by atoms with Gasteiger partial charge in [-0.25, -0.2) is 0 Å². The maximum Gasteiger partial charge on any atom is 0.305 e. The summed E-state index contributed by atoms with van der Waals surface area (Å²) in [5, 5.41) is 12.0. The van der Waals surface area contributed by atoms with Crippen molar-refractivity contribution in [2.45, 2.75) is 19.4 Å². The number of carboxylic acids is 1. The molecule has 2 rings (SSSR count). The number of amides is 1. The molecule has 0 bridgehead atoms. The van der Waals surface area contributed by atoms with Gasteiger partial charge in [0.2, 0.25) is 5.91 Å². The van der Waals surface area contributed by atoms with E-state index >= 15 is 0 Å². The molecule has 1 amide bonds. The van der Waals surface area contributed by atoms with Crippen molar-refractivity contribution in [1.82, 2.24) is 5.32 Å². The standard InChI is InChI=1S/C14H18N2O3S/c1-10-4-2-3-5-12(10)16(7-6-13(17)18)14(19)11-8-20-9-15-11/h2-5,11,15H,6-9H2,1H3,(H,17,18). The summed E-state index contributed by atoms with van der Waals surface area (Å²) < 4.78 is 0. The van der Waals surface area contributed by atoms with Crippen LogP contribution >= 0.6 is 11.8 Å². The second-order valence-corrected chi connectivity index (χ2v) is 5.72. The summed E-state index contributed by atoms with van der Waals surface area (Å²) in [5.74, 6) is 0.543. The number of nitrogens with one attached hydrogen (secondary N) is 1. The predicted molar refractivity (Wildman–Crippen MR) is 80.0 cm³/mol. The van der Waals surface area contributed by atoms with Crippen molar-refractivity contribution >= 4 is 29.3 Å². The van der Waals surface area contributed by atoms with Gasteiger partial charge in [0.1, 0.15) is 0 Å². The number of hydrogen-bond acceptors (Lipinski definition) is 4. The zero-order valence-corrected chi connectivity index (χ0v) is 12.2. The van der Waals surface area contributed by atoms with Crippen LogP contribution in [0.15, 0.2) is 24.3 Å². The van der Waals surface area contributed by atoms with Crippen LogP contribution < -0.4 is 10.2 Å². The van der Waals surface area contributed by atoms with Crippen LogP contribution in [0.5, 0.6) is 0 Å². The molecule has 0 radical (unpaired) electrons. The number of thioether (sulfide) groups is 1. The van der Waals surface area contributed by atoms with Crippen molar-refractivity contribution in [3.8, 4) is 0 Å². The molecule has 1 unspecified atom stereocenters. The highest BCUT2D eigenvalue weighted by molar-refractivity contribution is 7.99. The Morgan fingerprint density at radius 1 is 1.45 bits per heavy atom. The fraction of sp³-hybridized carbons (Fsp3) is 0.429. The summed E-state index contributed by atoms with van der Waals surface area (Å²) in [6.45, 7) is 2.12. The van der Waals surface area contributed by atoms with E-state index in [1.54, 1.807) is 16.7 Å². The van der Waals surface area contributed by atoms with E-state index in [9.17, 15) is 9.59 Å². The third-order valence-electron chi connectivity index (χ3n) is 3.24. The molecular weight excluding hydrogens is 276 g/mol. The lowest BCUT2D eigenvalue weighted by Gasteiger charge is -2.26. The molecular formula is C14H18N2O3S. The minimum absolute atomic E-state index is 0.0504. The van der Waals surface area contributed by atoms with Crippen LogP contribution in [0, 0.1) is 6.92 Å². The Kier molecular flexibility index (Phi) is 5.03. The average Bonchev–Trinajstić information content (AvgIpc) is 2.94. The van der Waals surface area contributed by atoms with Gasteiger partial charge in [-0.15, -0.1) is 11.8 Å². The summed E-state index contributed by atoms with van der Waals surface area (Å²) in [6.07, 6.45) is -0.0556. The number of aliphatic carboxylic acids is 1. The van der Waals surface area contributed by atoms with E-state index in [4.69, 9.17) is 5.11 Å². The molecule has 1 aliphatic heterocycles. The number of nitrogens with zero attached hydrogens (tertiary/aromatic N) is 1. The van der Waals surface area contributed by atoms with E-state index in [1.165, 1.54) is 0 Å². The predicted octanol–water partition coefficient (Wildman–Crippen LogP) is 1.47. The third kappa shape index (κ3) is 3.52. The SMILES string of the molecule is Cc1ccccc1N(CCC(=O)O)C(=O)C1CSCN1. The minimum atomic E-state index is -0.898. The van der Waals surface area contributed by atoms with Crippen LogP contribution in [0.3, 0.4) is 0 Å². The molecule has 2 N–H and O–H groups in total. The number of hydrogen-bond donors (Lipinski definition) is 2. The molecule has 0 spiro atoms. The maximum atomic E-state index is 12.6. The van der Waals surface area contributed by atoms with Crippen LogP contribution in [0.1, 0.15) is 12.0 Å². The molecule has 0 saturated carbocycles. The van der Waals surface area contributed by atoms with E-state index in [1.807, 2.05) is 31.2 Å². The average molecular weight is 294 g/mol. The van der Waals surface area contributed by atoms with E-state index in [0.29, 0.717) is 0 Å². The molecule has 1 fully saturated rings. The normalized spacial score (nSPS) is 17.9. The monoisotopic (exact) mass is 294 g/mol. The van der Waals surface area contributed by atoms with Crippen LogP contribution in [0.2, 0.25) is 0 Å². The number of aryl methyl sites for hydroxylation is 1. The molecule has 20 heavy (non-hydrogen) atoms. The van der Waals surface area contributed by atoms with Crippen molar-refractivity contribution in [3.05, 3.63) is 29.8 Å². The second kappa shape index (κ2) is 6.76. The van der Waals surface area contributed by atoms with Gasteiger partial charge in [0, 0.05) is 23.9 Å². The van der Waals surface area contributed by atoms with Gasteiger partial charge in [-0.05, 0) is 18.6 Å². The lowest BCUT2D eigenvalue weighted by Crippen LogP contribution is -2.46. The molecule has 1 atom stereocenters. The number of carbonyl (C=O) groups excluding carboxylic acids is 1. The first kappa shape index (κ1) is 14.9. The third-order valence-corrected chi connectivity index (χ3v) is 4.18. The Morgan fingerprint density at radius 2 is 2.20 bits per heavy atom. The van der Waals surface area contributed by atoms with Crippen LogP contribution in [0.25, 0.3) is 0 Å². The van der Waals surface area contributed by atoms with Gasteiger partial charge in [-0.2, -0.15) is 0 Å². The van der Waals surface area contributed by atoms with Crippen molar-refractivity contribution in [3.63, 3.8) is 0 Å². The first-order valence-electron chi connectivity index (χ1n) is 6.49. The highest BCUT2D eigenvalue weighted by Gasteiger charge is 2.28. The molecule has 1 aromatic carbocycles. The van der Waals surface area contributed by atoms with Crippen molar-refractivity contribution < 1.29 is 14.7 Å². The van der Waals surface area contributed by atoms with Gasteiger partial charge in [-0.1, -0.05) is 18.2 Å². The topological polar surface area (TPSA) is 69.6 Å². The zero-order chi connectivity index (χ0) is 14.5. The maximum absolute atomic E-state index is 12.6. The minimum Gasteiger partial charge on any atom is -0.481 e. The Morgan fingerprint density at radius 3 is 2.80 bits per heavy atom. The lowest BCUT2D eigenvalue weighted by molar-refractivity contribution is -0.136. The Balaban J connectivity index is 2.21. The molecule has 0 aliphatic carbocycles.